The number of H-pyrrole nitrogens is 1. The zero-order chi connectivity index (χ0) is 25.4. The van der Waals surface area contributed by atoms with Crippen molar-refractivity contribution in [2.75, 3.05) is 6.54 Å². The van der Waals surface area contributed by atoms with Gasteiger partial charge in [0.1, 0.15) is 17.4 Å². The molecule has 1 aliphatic carbocycles. The quantitative estimate of drug-likeness (QED) is 0.307. The fraction of sp³-hybridized carbons (Fsp3) is 0.321. The minimum Gasteiger partial charge on any atom is -0.464 e. The van der Waals surface area contributed by atoms with Crippen molar-refractivity contribution in [2.45, 2.75) is 50.8 Å². The van der Waals surface area contributed by atoms with Gasteiger partial charge in [0.25, 0.3) is 0 Å². The van der Waals surface area contributed by atoms with Gasteiger partial charge < -0.3 is 15.0 Å². The number of nitrogens with zero attached hydrogens (tertiary/aromatic N) is 2. The molecule has 0 bridgehead atoms. The summed E-state index contributed by atoms with van der Waals surface area (Å²) in [7, 11) is 0. The van der Waals surface area contributed by atoms with Crippen LogP contribution in [0.15, 0.2) is 24.4 Å². The molecule has 5 heterocycles. The van der Waals surface area contributed by atoms with E-state index in [2.05, 4.69) is 41.3 Å². The number of imidazole rings is 1. The van der Waals surface area contributed by atoms with Crippen LogP contribution in [0.5, 0.6) is 5.75 Å². The van der Waals surface area contributed by atoms with Crippen molar-refractivity contribution < 1.29 is 9.13 Å². The summed E-state index contributed by atoms with van der Waals surface area (Å²) < 4.78 is 24.6. The number of aromatic amines is 1. The summed E-state index contributed by atoms with van der Waals surface area (Å²) in [6.07, 6.45) is 8.17. The Labute approximate surface area is 227 Å². The van der Waals surface area contributed by atoms with Crippen LogP contribution in [0.25, 0.3) is 34.7 Å². The Morgan fingerprint density at radius 3 is 2.86 bits per heavy atom. The van der Waals surface area contributed by atoms with Crippen LogP contribution >= 0.6 is 34.5 Å². The van der Waals surface area contributed by atoms with Crippen LogP contribution < -0.4 is 20.6 Å². The van der Waals surface area contributed by atoms with Gasteiger partial charge in [-0.05, 0) is 63.4 Å². The van der Waals surface area contributed by atoms with Crippen LogP contribution in [0.1, 0.15) is 52.7 Å². The Morgan fingerprint density at radius 1 is 1.24 bits per heavy atom. The summed E-state index contributed by atoms with van der Waals surface area (Å²) in [5, 5.41) is 5.54. The number of rotatable bonds is 3. The van der Waals surface area contributed by atoms with Gasteiger partial charge in [0, 0.05) is 21.0 Å². The largest absolute Gasteiger partial charge is 0.464 e. The number of benzene rings is 1. The Bertz CT molecular complexity index is 1660. The third-order valence-corrected chi connectivity index (χ3v) is 9.46. The molecule has 1 saturated heterocycles. The summed E-state index contributed by atoms with van der Waals surface area (Å²) in [5.74, 6) is 0.950. The van der Waals surface area contributed by atoms with Crippen molar-refractivity contribution in [1.29, 1.82) is 0 Å². The molecular weight excluding hydrogens is 530 g/mol. The van der Waals surface area contributed by atoms with Gasteiger partial charge in [-0.3, -0.25) is 4.57 Å². The molecule has 2 aliphatic heterocycles. The van der Waals surface area contributed by atoms with Crippen LogP contribution in [-0.2, 0) is 0 Å². The number of ether oxygens (including phenoxy) is 1. The molecule has 1 aromatic carbocycles. The Hall–Kier alpha value is -2.58. The number of halogens is 3. The normalized spacial score (nSPS) is 22.0. The van der Waals surface area contributed by atoms with E-state index in [0.29, 0.717) is 34.0 Å². The standard InChI is InChI=1S/C28H25Cl2FN4OS/c1-13-8-23(37-14(13)2)28-35-21-6-5-16(29)11-17(21)25(30)26(35)24-18(31)9-15(10-22(24)36-28)20-12-33-27(34-20)19-4-3-7-32-19/h6,8-12,16,19,28,32H,3-5,7H2,1-2H3,(H,33,34). The molecule has 2 N–H and O–H groups in total. The van der Waals surface area contributed by atoms with E-state index >= 15 is 4.39 Å². The molecule has 7 rings (SSSR count). The highest BCUT2D eigenvalue weighted by molar-refractivity contribution is 7.12. The van der Waals surface area contributed by atoms with E-state index in [-0.39, 0.29) is 17.2 Å². The minimum absolute atomic E-state index is 0.157. The number of nitrogens with one attached hydrogen (secondary N) is 2. The predicted molar refractivity (Wildman–Crippen MR) is 147 cm³/mol. The van der Waals surface area contributed by atoms with Crippen molar-refractivity contribution in [1.82, 2.24) is 19.9 Å². The van der Waals surface area contributed by atoms with Crippen molar-refractivity contribution in [2.24, 2.45) is 0 Å². The molecule has 9 heteroatoms. The molecule has 0 spiro atoms. The van der Waals surface area contributed by atoms with Gasteiger partial charge in [0.05, 0.1) is 44.5 Å². The van der Waals surface area contributed by atoms with Gasteiger partial charge in [0.15, 0.2) is 0 Å². The number of hydrogen-bond donors (Lipinski definition) is 2. The molecule has 1 fully saturated rings. The lowest BCUT2D eigenvalue weighted by Crippen LogP contribution is -2.37. The average Bonchev–Trinajstić information content (AvgIpc) is 3.67. The predicted octanol–water partition coefficient (Wildman–Crippen LogP) is 5.95. The number of hydrogen-bond acceptors (Lipinski definition) is 4. The minimum atomic E-state index is -0.465. The smallest absolute Gasteiger partial charge is 0.212 e. The first-order chi connectivity index (χ1) is 17.9. The van der Waals surface area contributed by atoms with E-state index in [1.165, 1.54) is 16.5 Å². The average molecular weight is 556 g/mol. The number of fused-ring (bicyclic) bond motifs is 5. The van der Waals surface area contributed by atoms with E-state index in [1.54, 1.807) is 17.5 Å². The van der Waals surface area contributed by atoms with Crippen molar-refractivity contribution in [3.8, 4) is 28.3 Å². The Morgan fingerprint density at radius 2 is 2.11 bits per heavy atom. The molecule has 4 aromatic rings. The van der Waals surface area contributed by atoms with Crippen LogP contribution in [-0.4, -0.2) is 26.5 Å². The molecule has 3 aliphatic rings. The van der Waals surface area contributed by atoms with Gasteiger partial charge in [0.2, 0.25) is 6.23 Å². The molecule has 37 heavy (non-hydrogen) atoms. The topological polar surface area (TPSA) is 54.9 Å². The Balaban J connectivity index is 1.43. The van der Waals surface area contributed by atoms with Gasteiger partial charge >= 0.3 is 0 Å². The maximum atomic E-state index is 16.0. The number of thiophene rings is 1. The summed E-state index contributed by atoms with van der Waals surface area (Å²) in [6.45, 7) is 5.18. The van der Waals surface area contributed by atoms with Crippen LogP contribution in [0.3, 0.4) is 0 Å². The van der Waals surface area contributed by atoms with E-state index in [1.807, 2.05) is 16.7 Å². The van der Waals surface area contributed by atoms with Crippen LogP contribution in [0.2, 0.25) is 5.02 Å². The van der Waals surface area contributed by atoms with Crippen molar-refractivity contribution in [3.05, 3.63) is 66.9 Å². The molecule has 3 aromatic heterocycles. The number of alkyl halides is 1. The monoisotopic (exact) mass is 554 g/mol. The summed E-state index contributed by atoms with van der Waals surface area (Å²) in [6, 6.07) is 5.77. The molecule has 0 amide bonds. The third-order valence-electron chi connectivity index (χ3n) is 7.59. The second-order valence-electron chi connectivity index (χ2n) is 9.97. The molecule has 0 radical (unpaired) electrons. The van der Waals surface area contributed by atoms with Gasteiger partial charge in [-0.25, -0.2) is 9.37 Å². The first-order valence-corrected chi connectivity index (χ1v) is 14.1. The molecule has 190 valence electrons. The highest BCUT2D eigenvalue weighted by Crippen LogP contribution is 2.46. The lowest BCUT2D eigenvalue weighted by molar-refractivity contribution is 0.168. The van der Waals surface area contributed by atoms with Crippen LogP contribution in [0.4, 0.5) is 4.39 Å². The molecule has 3 atom stereocenters. The third kappa shape index (κ3) is 3.70. The molecule has 5 nitrogen and oxygen atoms in total. The van der Waals surface area contributed by atoms with Gasteiger partial charge in [-0.2, -0.15) is 0 Å². The van der Waals surface area contributed by atoms with E-state index in [9.17, 15) is 0 Å². The SMILES string of the molecule is Cc1cc(C2Oc3cc(-c4cnc(C5CCCN5)[nH]4)cc(F)c3-c3c(Cl)c4c(n32)=CCC(Cl)C=4)sc1C. The maximum absolute atomic E-state index is 16.0. The molecule has 0 saturated carbocycles. The van der Waals surface area contributed by atoms with E-state index in [0.717, 1.165) is 46.3 Å². The number of aryl methyl sites for hydroxylation is 2. The van der Waals surface area contributed by atoms with Gasteiger partial charge in [-0.1, -0.05) is 23.8 Å². The molecular formula is C28H25Cl2FN4OS. The first-order valence-electron chi connectivity index (χ1n) is 12.5. The molecule has 3 unspecified atom stereocenters. The zero-order valence-electron chi connectivity index (χ0n) is 20.4. The van der Waals surface area contributed by atoms with Gasteiger partial charge in [-0.15, -0.1) is 22.9 Å². The Kier molecular flexibility index (Phi) is 5.55. The number of aromatic nitrogens is 3. The highest BCUT2D eigenvalue weighted by atomic mass is 35.5. The maximum Gasteiger partial charge on any atom is 0.212 e. The summed E-state index contributed by atoms with van der Waals surface area (Å²) >= 11 is 15.1. The second kappa shape index (κ2) is 8.73. The first kappa shape index (κ1) is 23.5. The summed E-state index contributed by atoms with van der Waals surface area (Å²) in [4.78, 5) is 10.2. The highest BCUT2D eigenvalue weighted by Gasteiger charge is 2.35. The van der Waals surface area contributed by atoms with Crippen molar-refractivity contribution >= 4 is 46.7 Å². The fourth-order valence-electron chi connectivity index (χ4n) is 5.63. The van der Waals surface area contributed by atoms with E-state index < -0.39 is 6.23 Å². The lowest BCUT2D eigenvalue weighted by atomic mass is 10.0. The summed E-state index contributed by atoms with van der Waals surface area (Å²) in [5.41, 5.74) is 3.64. The lowest BCUT2D eigenvalue weighted by Gasteiger charge is -2.30. The second-order valence-corrected chi connectivity index (χ2v) is 12.2. The van der Waals surface area contributed by atoms with Crippen LogP contribution in [0, 0.1) is 19.7 Å². The van der Waals surface area contributed by atoms with E-state index in [4.69, 9.17) is 27.9 Å². The van der Waals surface area contributed by atoms with Crippen molar-refractivity contribution in [3.63, 3.8) is 0 Å². The zero-order valence-corrected chi connectivity index (χ0v) is 22.7. The fourth-order valence-corrected chi connectivity index (χ4v) is 7.25.